The van der Waals surface area contributed by atoms with Crippen molar-refractivity contribution in [2.45, 2.75) is 19.3 Å². The molecule has 4 aromatic rings. The molecule has 35 heavy (non-hydrogen) atoms. The van der Waals surface area contributed by atoms with Gasteiger partial charge in [-0.05, 0) is 73.2 Å². The number of anilines is 1. The molecule has 0 radical (unpaired) electrons. The van der Waals surface area contributed by atoms with Gasteiger partial charge in [0.25, 0.3) is 0 Å². The summed E-state index contributed by atoms with van der Waals surface area (Å²) in [7, 11) is 0. The van der Waals surface area contributed by atoms with E-state index in [2.05, 4.69) is 27.3 Å². The fourth-order valence-corrected chi connectivity index (χ4v) is 4.85. The van der Waals surface area contributed by atoms with Crippen molar-refractivity contribution < 1.29 is 14.3 Å². The summed E-state index contributed by atoms with van der Waals surface area (Å²) in [6.07, 6.45) is 4.18. The predicted molar refractivity (Wildman–Crippen MR) is 141 cm³/mol. The quantitative estimate of drug-likeness (QED) is 0.310. The minimum absolute atomic E-state index is 0.0639. The third-order valence-electron chi connectivity index (χ3n) is 6.45. The number of benzene rings is 3. The van der Waals surface area contributed by atoms with E-state index in [4.69, 9.17) is 4.74 Å². The zero-order chi connectivity index (χ0) is 24.2. The van der Waals surface area contributed by atoms with Crippen LogP contribution < -0.4 is 10.1 Å². The maximum Gasteiger partial charge on any atom is 0.423 e. The van der Waals surface area contributed by atoms with Gasteiger partial charge in [0, 0.05) is 34.8 Å². The van der Waals surface area contributed by atoms with Gasteiger partial charge >= 0.3 is 12.1 Å². The molecular weight excluding hydrogens is 506 g/mol. The first-order valence-electron chi connectivity index (χ1n) is 11.7. The van der Waals surface area contributed by atoms with Crippen molar-refractivity contribution in [3.8, 4) is 5.75 Å². The molecule has 1 aliphatic rings. The van der Waals surface area contributed by atoms with E-state index in [1.54, 1.807) is 16.7 Å². The van der Waals surface area contributed by atoms with Crippen LogP contribution >= 0.6 is 15.9 Å². The van der Waals surface area contributed by atoms with E-state index in [1.165, 1.54) is 0 Å². The maximum absolute atomic E-state index is 12.9. The summed E-state index contributed by atoms with van der Waals surface area (Å²) in [5, 5.41) is 4.04. The van der Waals surface area contributed by atoms with Crippen LogP contribution in [-0.4, -0.2) is 34.7 Å². The number of hydrogen-bond acceptors (Lipinski definition) is 3. The number of likely N-dealkylation sites (tertiary alicyclic amines) is 1. The number of hydrogen-bond donors (Lipinski definition) is 1. The number of urea groups is 1. The third-order valence-corrected chi connectivity index (χ3v) is 6.97. The van der Waals surface area contributed by atoms with Crippen molar-refractivity contribution in [2.75, 3.05) is 18.4 Å². The molecule has 1 aromatic heterocycles. The largest absolute Gasteiger partial charge is 0.423 e. The first kappa shape index (κ1) is 23.2. The molecule has 0 spiro atoms. The van der Waals surface area contributed by atoms with Crippen LogP contribution in [0.2, 0.25) is 0 Å². The lowest BCUT2D eigenvalue weighted by molar-refractivity contribution is 0.182. The van der Waals surface area contributed by atoms with Gasteiger partial charge in [-0.15, -0.1) is 0 Å². The number of rotatable bonds is 4. The fraction of sp³-hybridized carbons (Fsp3) is 0.214. The molecule has 0 atom stereocenters. The van der Waals surface area contributed by atoms with Gasteiger partial charge in [0.05, 0.1) is 5.52 Å². The maximum atomic E-state index is 12.9. The predicted octanol–water partition coefficient (Wildman–Crippen LogP) is 6.94. The zero-order valence-electron chi connectivity index (χ0n) is 19.2. The molecule has 178 valence electrons. The second kappa shape index (κ2) is 10.4. The van der Waals surface area contributed by atoms with E-state index < -0.39 is 6.09 Å². The molecule has 2 heterocycles. The number of carbonyl (C=O) groups is 2. The van der Waals surface area contributed by atoms with Crippen LogP contribution in [0.15, 0.2) is 89.5 Å². The van der Waals surface area contributed by atoms with Gasteiger partial charge in [-0.25, -0.2) is 9.59 Å². The van der Waals surface area contributed by atoms with E-state index >= 15 is 0 Å². The smallest absolute Gasteiger partial charge is 0.410 e. The molecule has 0 saturated carbocycles. The van der Waals surface area contributed by atoms with Crippen LogP contribution in [0.1, 0.15) is 18.4 Å². The van der Waals surface area contributed by atoms with Crippen LogP contribution in [0.25, 0.3) is 10.9 Å². The Bertz CT molecular complexity index is 1330. The van der Waals surface area contributed by atoms with E-state index in [9.17, 15) is 9.59 Å². The average Bonchev–Trinajstić information content (AvgIpc) is 3.25. The number of ether oxygens (including phenoxy) is 1. The Morgan fingerprint density at radius 2 is 1.60 bits per heavy atom. The van der Waals surface area contributed by atoms with Crippen LogP contribution in [0, 0.1) is 5.92 Å². The Balaban J connectivity index is 1.24. The molecular formula is C28H26BrN3O3. The van der Waals surface area contributed by atoms with Crippen molar-refractivity contribution in [3.63, 3.8) is 0 Å². The molecule has 1 aliphatic heterocycles. The van der Waals surface area contributed by atoms with Crippen molar-refractivity contribution in [2.24, 2.45) is 5.92 Å². The highest BCUT2D eigenvalue weighted by atomic mass is 79.9. The molecule has 6 nitrogen and oxygen atoms in total. The number of carbonyl (C=O) groups excluding carboxylic acids is 2. The number of piperidine rings is 1. The van der Waals surface area contributed by atoms with Crippen molar-refractivity contribution in [3.05, 3.63) is 95.1 Å². The van der Waals surface area contributed by atoms with Crippen molar-refractivity contribution in [1.29, 1.82) is 0 Å². The van der Waals surface area contributed by atoms with E-state index in [-0.39, 0.29) is 6.03 Å². The van der Waals surface area contributed by atoms with Crippen molar-refractivity contribution in [1.82, 2.24) is 9.47 Å². The number of halogens is 1. The summed E-state index contributed by atoms with van der Waals surface area (Å²) < 4.78 is 8.15. The summed E-state index contributed by atoms with van der Waals surface area (Å²) in [4.78, 5) is 27.5. The third kappa shape index (κ3) is 5.41. The van der Waals surface area contributed by atoms with Gasteiger partial charge in [-0.1, -0.05) is 52.3 Å². The lowest BCUT2D eigenvalue weighted by Crippen LogP contribution is -2.41. The zero-order valence-corrected chi connectivity index (χ0v) is 20.8. The standard InChI is InChI=1S/C28H26BrN3O3/c29-22-10-12-23(13-11-22)30-27(33)31-16-14-20(15-17-31)18-21-19-32(26-9-5-4-8-25(21)26)28(34)35-24-6-2-1-3-7-24/h1-13,19-20H,14-18H2,(H,30,33). The molecule has 1 fully saturated rings. The average molecular weight is 532 g/mol. The van der Waals surface area contributed by atoms with E-state index in [0.717, 1.165) is 45.9 Å². The summed E-state index contributed by atoms with van der Waals surface area (Å²) in [6, 6.07) is 24.5. The normalized spacial score (nSPS) is 14.1. The Morgan fingerprint density at radius 3 is 2.34 bits per heavy atom. The van der Waals surface area contributed by atoms with E-state index in [0.29, 0.717) is 24.8 Å². The lowest BCUT2D eigenvalue weighted by Gasteiger charge is -2.32. The lowest BCUT2D eigenvalue weighted by atomic mass is 9.90. The summed E-state index contributed by atoms with van der Waals surface area (Å²) in [5.74, 6) is 0.960. The Hall–Kier alpha value is -3.58. The molecule has 0 aliphatic carbocycles. The molecule has 5 rings (SSSR count). The first-order chi connectivity index (χ1) is 17.1. The molecule has 0 unspecified atom stereocenters. The number of aromatic nitrogens is 1. The van der Waals surface area contributed by atoms with Crippen LogP contribution in [0.4, 0.5) is 15.3 Å². The second-order valence-electron chi connectivity index (χ2n) is 8.79. The van der Waals surface area contributed by atoms with E-state index in [1.807, 2.05) is 71.8 Å². The van der Waals surface area contributed by atoms with Crippen LogP contribution in [0.3, 0.4) is 0 Å². The Labute approximate surface area is 212 Å². The van der Waals surface area contributed by atoms with Gasteiger partial charge in [0.2, 0.25) is 0 Å². The first-order valence-corrected chi connectivity index (χ1v) is 12.5. The number of amides is 2. The monoisotopic (exact) mass is 531 g/mol. The highest BCUT2D eigenvalue weighted by molar-refractivity contribution is 9.10. The van der Waals surface area contributed by atoms with Gasteiger partial charge in [-0.2, -0.15) is 0 Å². The number of nitrogens with zero attached hydrogens (tertiary/aromatic N) is 2. The molecule has 7 heteroatoms. The summed E-state index contributed by atoms with van der Waals surface area (Å²) >= 11 is 3.41. The SMILES string of the molecule is O=C(Nc1ccc(Br)cc1)N1CCC(Cc2cn(C(=O)Oc3ccccc3)c3ccccc23)CC1. The fourth-order valence-electron chi connectivity index (χ4n) is 4.59. The Morgan fingerprint density at radius 1 is 0.914 bits per heavy atom. The number of fused-ring (bicyclic) bond motifs is 1. The minimum Gasteiger partial charge on any atom is -0.410 e. The molecule has 1 saturated heterocycles. The van der Waals surface area contributed by atoms with Gasteiger partial charge in [-0.3, -0.25) is 4.57 Å². The highest BCUT2D eigenvalue weighted by Gasteiger charge is 2.25. The van der Waals surface area contributed by atoms with Crippen molar-refractivity contribution >= 4 is 44.6 Å². The molecule has 3 aromatic carbocycles. The highest BCUT2D eigenvalue weighted by Crippen LogP contribution is 2.28. The van der Waals surface area contributed by atoms with Gasteiger partial charge in [0.1, 0.15) is 5.75 Å². The molecule has 1 N–H and O–H groups in total. The summed E-state index contributed by atoms with van der Waals surface area (Å²) in [5.41, 5.74) is 2.76. The number of nitrogens with one attached hydrogen (secondary N) is 1. The van der Waals surface area contributed by atoms with Crippen LogP contribution in [0.5, 0.6) is 5.75 Å². The second-order valence-corrected chi connectivity index (χ2v) is 9.71. The number of para-hydroxylation sites is 2. The van der Waals surface area contributed by atoms with Crippen LogP contribution in [-0.2, 0) is 6.42 Å². The molecule has 2 amide bonds. The molecule has 0 bridgehead atoms. The summed E-state index contributed by atoms with van der Waals surface area (Å²) in [6.45, 7) is 1.42. The Kier molecular flexibility index (Phi) is 6.86. The topological polar surface area (TPSA) is 63.6 Å². The minimum atomic E-state index is -0.418. The van der Waals surface area contributed by atoms with Gasteiger partial charge < -0.3 is 15.0 Å². The van der Waals surface area contributed by atoms with Gasteiger partial charge in [0.15, 0.2) is 0 Å².